The maximum atomic E-state index is 11.2. The minimum atomic E-state index is -0.990. The molecule has 0 bridgehead atoms. The third-order valence-electron chi connectivity index (χ3n) is 2.55. The second-order valence-corrected chi connectivity index (χ2v) is 4.80. The van der Waals surface area contributed by atoms with Gasteiger partial charge in [-0.25, -0.2) is 0 Å². The van der Waals surface area contributed by atoms with Gasteiger partial charge in [0.15, 0.2) is 6.10 Å². The quantitative estimate of drug-likeness (QED) is 0.473. The van der Waals surface area contributed by atoms with Gasteiger partial charge in [-0.3, -0.25) is 19.2 Å². The SMILES string of the molecule is CC(=O)OC[C@@H](C)[C@@H](OC(C)=O)[C@@H](COC(C)=O)OC(C)=O. The summed E-state index contributed by atoms with van der Waals surface area (Å²) in [5.41, 5.74) is 0. The van der Waals surface area contributed by atoms with Crippen molar-refractivity contribution in [1.29, 1.82) is 0 Å². The van der Waals surface area contributed by atoms with Crippen LogP contribution in [0.3, 0.4) is 0 Å². The zero-order valence-corrected chi connectivity index (χ0v) is 13.4. The van der Waals surface area contributed by atoms with Crippen molar-refractivity contribution in [1.82, 2.24) is 0 Å². The number of carbonyl (C=O) groups is 4. The van der Waals surface area contributed by atoms with Crippen molar-refractivity contribution in [3.8, 4) is 0 Å². The van der Waals surface area contributed by atoms with E-state index in [2.05, 4.69) is 0 Å². The average molecular weight is 318 g/mol. The van der Waals surface area contributed by atoms with Crippen LogP contribution in [0.5, 0.6) is 0 Å². The summed E-state index contributed by atoms with van der Waals surface area (Å²) in [6.07, 6.45) is -1.91. The number of esters is 4. The summed E-state index contributed by atoms with van der Waals surface area (Å²) in [7, 11) is 0. The molecule has 0 aromatic rings. The molecule has 0 spiro atoms. The highest BCUT2D eigenvalue weighted by Gasteiger charge is 2.33. The van der Waals surface area contributed by atoms with Crippen LogP contribution >= 0.6 is 0 Å². The van der Waals surface area contributed by atoms with Gasteiger partial charge in [0.1, 0.15) is 12.7 Å². The normalized spacial score (nSPS) is 14.2. The standard InChI is InChI=1S/C14H22O8/c1-8(6-19-9(2)15)14(22-12(5)18)13(21-11(4)17)7-20-10(3)16/h8,13-14H,6-7H2,1-5H3/t8-,13-,14-/m1/s1. The highest BCUT2D eigenvalue weighted by molar-refractivity contribution is 5.68. The van der Waals surface area contributed by atoms with Crippen molar-refractivity contribution in [3.05, 3.63) is 0 Å². The first-order valence-corrected chi connectivity index (χ1v) is 6.74. The third kappa shape index (κ3) is 8.93. The van der Waals surface area contributed by atoms with E-state index in [0.29, 0.717) is 0 Å². The molecule has 0 amide bonds. The van der Waals surface area contributed by atoms with Crippen molar-refractivity contribution in [3.63, 3.8) is 0 Å². The van der Waals surface area contributed by atoms with Gasteiger partial charge < -0.3 is 18.9 Å². The molecule has 0 aromatic heterocycles. The number of carbonyl (C=O) groups excluding carboxylic acids is 4. The van der Waals surface area contributed by atoms with Crippen LogP contribution in [0.4, 0.5) is 0 Å². The van der Waals surface area contributed by atoms with E-state index >= 15 is 0 Å². The zero-order chi connectivity index (χ0) is 17.3. The lowest BCUT2D eigenvalue weighted by Gasteiger charge is -2.30. The molecule has 0 saturated heterocycles. The molecule has 0 aliphatic heterocycles. The summed E-state index contributed by atoms with van der Waals surface area (Å²) >= 11 is 0. The lowest BCUT2D eigenvalue weighted by atomic mass is 10.0. The molecule has 3 atom stereocenters. The van der Waals surface area contributed by atoms with E-state index < -0.39 is 42.0 Å². The maximum absolute atomic E-state index is 11.2. The summed E-state index contributed by atoms with van der Waals surface area (Å²) in [6, 6.07) is 0. The lowest BCUT2D eigenvalue weighted by Crippen LogP contribution is -2.43. The summed E-state index contributed by atoms with van der Waals surface area (Å²) in [5, 5.41) is 0. The van der Waals surface area contributed by atoms with Crippen molar-refractivity contribution in [2.75, 3.05) is 13.2 Å². The molecule has 0 rings (SSSR count). The minimum absolute atomic E-state index is 0.0366. The Labute approximate surface area is 129 Å². The molecule has 0 aliphatic rings. The van der Waals surface area contributed by atoms with Crippen LogP contribution in [0.15, 0.2) is 0 Å². The molecule has 0 heterocycles. The monoisotopic (exact) mass is 318 g/mol. The fourth-order valence-electron chi connectivity index (χ4n) is 1.70. The highest BCUT2D eigenvalue weighted by atomic mass is 16.6. The minimum Gasteiger partial charge on any atom is -0.465 e. The highest BCUT2D eigenvalue weighted by Crippen LogP contribution is 2.17. The van der Waals surface area contributed by atoms with Crippen molar-refractivity contribution in [2.45, 2.75) is 46.8 Å². The Morgan fingerprint density at radius 1 is 0.727 bits per heavy atom. The van der Waals surface area contributed by atoms with Gasteiger partial charge in [0, 0.05) is 33.6 Å². The van der Waals surface area contributed by atoms with Gasteiger partial charge in [0.2, 0.25) is 0 Å². The average Bonchev–Trinajstić information content (AvgIpc) is 2.37. The fourth-order valence-corrected chi connectivity index (χ4v) is 1.70. The Bertz CT molecular complexity index is 417. The van der Waals surface area contributed by atoms with Crippen LogP contribution in [-0.4, -0.2) is 49.3 Å². The van der Waals surface area contributed by atoms with Crippen LogP contribution in [-0.2, 0) is 38.1 Å². The molecule has 0 unspecified atom stereocenters. The fraction of sp³-hybridized carbons (Fsp3) is 0.714. The van der Waals surface area contributed by atoms with Crippen LogP contribution < -0.4 is 0 Å². The molecule has 0 aliphatic carbocycles. The van der Waals surface area contributed by atoms with Gasteiger partial charge in [-0.15, -0.1) is 0 Å². The van der Waals surface area contributed by atoms with E-state index in [4.69, 9.17) is 18.9 Å². The van der Waals surface area contributed by atoms with E-state index in [1.807, 2.05) is 0 Å². The topological polar surface area (TPSA) is 105 Å². The van der Waals surface area contributed by atoms with Crippen molar-refractivity contribution in [2.24, 2.45) is 5.92 Å². The Morgan fingerprint density at radius 3 is 1.59 bits per heavy atom. The third-order valence-corrected chi connectivity index (χ3v) is 2.55. The van der Waals surface area contributed by atoms with E-state index in [0.717, 1.165) is 0 Å². The molecule has 8 heteroatoms. The van der Waals surface area contributed by atoms with Gasteiger partial charge in [0.25, 0.3) is 0 Å². The van der Waals surface area contributed by atoms with Crippen LogP contribution in [0.25, 0.3) is 0 Å². The van der Waals surface area contributed by atoms with Crippen molar-refractivity contribution >= 4 is 23.9 Å². The van der Waals surface area contributed by atoms with Gasteiger partial charge in [-0.2, -0.15) is 0 Å². The largest absolute Gasteiger partial charge is 0.465 e. The molecule has 126 valence electrons. The Hall–Kier alpha value is -2.12. The van der Waals surface area contributed by atoms with Gasteiger partial charge in [-0.05, 0) is 0 Å². The molecule has 0 saturated carbocycles. The Kier molecular flexibility index (Phi) is 8.81. The molecular weight excluding hydrogens is 296 g/mol. The van der Waals surface area contributed by atoms with Crippen LogP contribution in [0, 0.1) is 5.92 Å². The number of ether oxygens (including phenoxy) is 4. The number of hydrogen-bond acceptors (Lipinski definition) is 8. The van der Waals surface area contributed by atoms with E-state index in [1.54, 1.807) is 6.92 Å². The number of rotatable bonds is 8. The first-order chi connectivity index (χ1) is 10.1. The smallest absolute Gasteiger partial charge is 0.303 e. The number of hydrogen-bond donors (Lipinski definition) is 0. The molecular formula is C14H22O8. The molecule has 0 fully saturated rings. The molecule has 22 heavy (non-hydrogen) atoms. The van der Waals surface area contributed by atoms with E-state index in [9.17, 15) is 19.2 Å². The predicted molar refractivity (Wildman–Crippen MR) is 73.5 cm³/mol. The molecule has 0 N–H and O–H groups in total. The van der Waals surface area contributed by atoms with Gasteiger partial charge in [0.05, 0.1) is 6.61 Å². The molecule has 0 aromatic carbocycles. The van der Waals surface area contributed by atoms with Crippen LogP contribution in [0.2, 0.25) is 0 Å². The van der Waals surface area contributed by atoms with Crippen molar-refractivity contribution < 1.29 is 38.1 Å². The zero-order valence-electron chi connectivity index (χ0n) is 13.4. The predicted octanol–water partition coefficient (Wildman–Crippen LogP) is 0.612. The van der Waals surface area contributed by atoms with Crippen LogP contribution in [0.1, 0.15) is 34.6 Å². The lowest BCUT2D eigenvalue weighted by molar-refractivity contribution is -0.179. The Balaban J connectivity index is 5.07. The summed E-state index contributed by atoms with van der Waals surface area (Å²) < 4.78 is 19.9. The Morgan fingerprint density at radius 2 is 1.18 bits per heavy atom. The molecule has 8 nitrogen and oxygen atoms in total. The first kappa shape index (κ1) is 19.9. The van der Waals surface area contributed by atoms with E-state index in [1.165, 1.54) is 27.7 Å². The maximum Gasteiger partial charge on any atom is 0.303 e. The second kappa shape index (κ2) is 9.75. The summed E-state index contributed by atoms with van der Waals surface area (Å²) in [5.74, 6) is -2.73. The van der Waals surface area contributed by atoms with Gasteiger partial charge in [-0.1, -0.05) is 6.92 Å². The van der Waals surface area contributed by atoms with Gasteiger partial charge >= 0.3 is 23.9 Å². The summed E-state index contributed by atoms with van der Waals surface area (Å²) in [6.45, 7) is 6.18. The second-order valence-electron chi connectivity index (χ2n) is 4.80. The van der Waals surface area contributed by atoms with E-state index in [-0.39, 0.29) is 13.2 Å². The first-order valence-electron chi connectivity index (χ1n) is 6.74. The summed E-state index contributed by atoms with van der Waals surface area (Å²) in [4.78, 5) is 44.2. The molecule has 0 radical (unpaired) electrons.